The van der Waals surface area contributed by atoms with Crippen LogP contribution in [0.5, 0.6) is 5.75 Å². The summed E-state index contributed by atoms with van der Waals surface area (Å²) in [6.07, 6.45) is -4.74. The first-order valence-electron chi connectivity index (χ1n) is 7.17. The number of anilines is 1. The highest BCUT2D eigenvalue weighted by atomic mass is 32.2. The van der Waals surface area contributed by atoms with Gasteiger partial charge in [0.05, 0.1) is 23.8 Å². The normalized spacial score (nSPS) is 13.2. The largest absolute Gasteiger partial charge is 0.609 e. The topological polar surface area (TPSA) is 76.1 Å². The van der Waals surface area contributed by atoms with Crippen molar-refractivity contribution in [3.05, 3.63) is 48.0 Å². The summed E-state index contributed by atoms with van der Waals surface area (Å²) >= 11 is -2.05. The number of nitrogen functional groups attached to an aromatic ring is 1. The Hall–Kier alpha value is -2.39. The summed E-state index contributed by atoms with van der Waals surface area (Å²) in [4.78, 5) is 3.92. The minimum absolute atomic E-state index is 0.0504. The lowest BCUT2D eigenvalue weighted by molar-refractivity contribution is -0.206. The molecule has 132 valence electrons. The van der Waals surface area contributed by atoms with Crippen LogP contribution in [0.3, 0.4) is 0 Å². The second kappa shape index (κ2) is 6.49. The van der Waals surface area contributed by atoms with Crippen molar-refractivity contribution >= 4 is 27.9 Å². The SMILES string of the molecule is COc1cccc(C[S+]([O-])c2nc3ccccc3n2C(F)(F)F)c1N. The fourth-order valence-corrected chi connectivity index (χ4v) is 3.77. The second-order valence-electron chi connectivity index (χ2n) is 5.21. The smallest absolute Gasteiger partial charge is 0.494 e. The molecular formula is C16H14F3N3O2S. The summed E-state index contributed by atoms with van der Waals surface area (Å²) in [6, 6.07) is 10.6. The molecule has 1 atom stereocenters. The molecule has 3 rings (SSSR count). The lowest BCUT2D eigenvalue weighted by Crippen LogP contribution is -2.23. The number of ether oxygens (including phenoxy) is 1. The van der Waals surface area contributed by atoms with Crippen molar-refractivity contribution in [2.24, 2.45) is 0 Å². The van der Waals surface area contributed by atoms with E-state index in [-0.39, 0.29) is 27.0 Å². The van der Waals surface area contributed by atoms with Gasteiger partial charge < -0.3 is 15.0 Å². The molecule has 1 unspecified atom stereocenters. The van der Waals surface area contributed by atoms with Crippen LogP contribution in [-0.4, -0.2) is 21.2 Å². The monoisotopic (exact) mass is 369 g/mol. The van der Waals surface area contributed by atoms with Gasteiger partial charge in [0.2, 0.25) is 0 Å². The van der Waals surface area contributed by atoms with Crippen LogP contribution in [0.25, 0.3) is 11.0 Å². The van der Waals surface area contributed by atoms with E-state index in [9.17, 15) is 17.7 Å². The molecule has 0 aliphatic carbocycles. The molecule has 0 aliphatic heterocycles. The summed E-state index contributed by atoms with van der Waals surface area (Å²) < 4.78 is 58.1. The first-order chi connectivity index (χ1) is 11.8. The van der Waals surface area contributed by atoms with E-state index < -0.39 is 22.6 Å². The van der Waals surface area contributed by atoms with Gasteiger partial charge in [0.25, 0.3) is 0 Å². The Bertz CT molecular complexity index is 911. The van der Waals surface area contributed by atoms with Crippen LogP contribution in [-0.2, 0) is 23.2 Å². The predicted octanol–water partition coefficient (Wildman–Crippen LogP) is 3.41. The van der Waals surface area contributed by atoms with Gasteiger partial charge in [0, 0.05) is 16.7 Å². The van der Waals surface area contributed by atoms with Crippen LogP contribution in [0.4, 0.5) is 18.9 Å². The number of nitrogens with two attached hydrogens (primary N) is 1. The maximum absolute atomic E-state index is 13.5. The van der Waals surface area contributed by atoms with Crippen molar-refractivity contribution in [2.75, 3.05) is 12.8 Å². The minimum atomic E-state index is -4.74. The molecule has 9 heteroatoms. The molecule has 2 aromatic carbocycles. The Balaban J connectivity index is 2.05. The lowest BCUT2D eigenvalue weighted by atomic mass is 10.2. The number of rotatable bonds is 4. The molecule has 1 aromatic heterocycles. The molecule has 25 heavy (non-hydrogen) atoms. The van der Waals surface area contributed by atoms with Crippen molar-refractivity contribution in [2.45, 2.75) is 17.2 Å². The number of fused-ring (bicyclic) bond motifs is 1. The molecule has 0 fully saturated rings. The summed E-state index contributed by atoms with van der Waals surface area (Å²) in [5.41, 5.74) is 6.57. The zero-order chi connectivity index (χ0) is 18.2. The summed E-state index contributed by atoms with van der Waals surface area (Å²) in [7, 11) is 1.43. The number of nitrogens with zero attached hydrogens (tertiary/aromatic N) is 2. The van der Waals surface area contributed by atoms with Crippen LogP contribution in [0, 0.1) is 0 Å². The summed E-state index contributed by atoms with van der Waals surface area (Å²) in [5, 5.41) is -0.559. The lowest BCUT2D eigenvalue weighted by Gasteiger charge is -2.15. The molecule has 0 spiro atoms. The van der Waals surface area contributed by atoms with Crippen LogP contribution < -0.4 is 10.5 Å². The molecule has 2 N–H and O–H groups in total. The van der Waals surface area contributed by atoms with E-state index in [1.165, 1.54) is 25.3 Å². The Morgan fingerprint density at radius 2 is 1.92 bits per heavy atom. The average Bonchev–Trinajstić information content (AvgIpc) is 2.96. The fraction of sp³-hybridized carbons (Fsp3) is 0.188. The van der Waals surface area contributed by atoms with Crippen LogP contribution >= 0.6 is 0 Å². The number of alkyl halides is 3. The number of benzene rings is 2. The second-order valence-corrected chi connectivity index (χ2v) is 6.55. The van der Waals surface area contributed by atoms with E-state index in [0.717, 1.165) is 0 Å². The quantitative estimate of drug-likeness (QED) is 0.565. The van der Waals surface area contributed by atoms with E-state index in [1.54, 1.807) is 24.3 Å². The van der Waals surface area contributed by atoms with Crippen molar-refractivity contribution in [1.82, 2.24) is 9.55 Å². The maximum Gasteiger partial charge on any atom is 0.494 e. The van der Waals surface area contributed by atoms with Crippen LogP contribution in [0.15, 0.2) is 47.6 Å². The average molecular weight is 369 g/mol. The van der Waals surface area contributed by atoms with Gasteiger partial charge in [-0.3, -0.25) is 0 Å². The van der Waals surface area contributed by atoms with Crippen LogP contribution in [0.2, 0.25) is 0 Å². The number of imidazole rings is 1. The van der Waals surface area contributed by atoms with E-state index in [1.807, 2.05) is 0 Å². The summed E-state index contributed by atoms with van der Waals surface area (Å²) in [6.45, 7) is 0. The van der Waals surface area contributed by atoms with E-state index in [2.05, 4.69) is 4.98 Å². The first kappa shape index (κ1) is 17.4. The van der Waals surface area contributed by atoms with Gasteiger partial charge in [0.1, 0.15) is 11.5 Å². The molecule has 5 nitrogen and oxygen atoms in total. The Kier molecular flexibility index (Phi) is 4.53. The highest BCUT2D eigenvalue weighted by molar-refractivity contribution is 7.90. The molecule has 0 radical (unpaired) electrons. The van der Waals surface area contributed by atoms with Crippen molar-refractivity contribution in [1.29, 1.82) is 0 Å². The fourth-order valence-electron chi connectivity index (χ4n) is 2.50. The van der Waals surface area contributed by atoms with Gasteiger partial charge in [-0.05, 0) is 18.2 Å². The van der Waals surface area contributed by atoms with E-state index in [0.29, 0.717) is 11.3 Å². The third-order valence-corrected chi connectivity index (χ3v) is 4.90. The maximum atomic E-state index is 13.5. The molecule has 3 aromatic rings. The van der Waals surface area contributed by atoms with Gasteiger partial charge >= 0.3 is 11.5 Å². The zero-order valence-electron chi connectivity index (χ0n) is 13.1. The van der Waals surface area contributed by atoms with Gasteiger partial charge in [-0.2, -0.15) is 9.55 Å². The van der Waals surface area contributed by atoms with E-state index in [4.69, 9.17) is 10.5 Å². The number of methoxy groups -OCH3 is 1. The van der Waals surface area contributed by atoms with Gasteiger partial charge in [-0.25, -0.2) is 0 Å². The highest BCUT2D eigenvalue weighted by Gasteiger charge is 2.40. The Morgan fingerprint density at radius 3 is 2.60 bits per heavy atom. The van der Waals surface area contributed by atoms with Gasteiger partial charge in [0.15, 0.2) is 0 Å². The molecule has 0 aliphatic rings. The Labute approximate surface area is 144 Å². The first-order valence-corrected chi connectivity index (χ1v) is 8.49. The van der Waals surface area contributed by atoms with Crippen LogP contribution in [0.1, 0.15) is 5.56 Å². The molecule has 0 bridgehead atoms. The molecular weight excluding hydrogens is 355 g/mol. The Morgan fingerprint density at radius 1 is 1.20 bits per heavy atom. The standard InChI is InChI=1S/C16H14F3N3O2S/c1-24-13-8-4-5-10(14(13)20)9-25(23)15-21-11-6-2-3-7-12(11)22(15)16(17,18)19/h2-8H,9,20H2,1H3. The van der Waals surface area contributed by atoms with Gasteiger partial charge in [-0.15, -0.1) is 13.2 Å². The molecule has 1 heterocycles. The number of hydrogen-bond acceptors (Lipinski definition) is 4. The van der Waals surface area contributed by atoms with Crippen molar-refractivity contribution in [3.8, 4) is 5.75 Å². The van der Waals surface area contributed by atoms with Crippen molar-refractivity contribution in [3.63, 3.8) is 0 Å². The number of halogens is 3. The number of para-hydroxylation sites is 3. The molecule has 0 saturated heterocycles. The molecule has 0 saturated carbocycles. The highest BCUT2D eigenvalue weighted by Crippen LogP contribution is 2.34. The third kappa shape index (κ3) is 3.24. The number of hydrogen-bond donors (Lipinski definition) is 1. The third-order valence-electron chi connectivity index (χ3n) is 3.65. The van der Waals surface area contributed by atoms with E-state index >= 15 is 0 Å². The predicted molar refractivity (Wildman–Crippen MR) is 88.5 cm³/mol. The zero-order valence-corrected chi connectivity index (χ0v) is 13.9. The minimum Gasteiger partial charge on any atom is -0.609 e. The van der Waals surface area contributed by atoms with Crippen molar-refractivity contribution < 1.29 is 22.5 Å². The number of aromatic nitrogens is 2. The summed E-state index contributed by atoms with van der Waals surface area (Å²) in [5.74, 6) is 0.168. The van der Waals surface area contributed by atoms with Gasteiger partial charge in [-0.1, -0.05) is 24.3 Å². The molecule has 0 amide bonds.